The van der Waals surface area contributed by atoms with Gasteiger partial charge in [0.25, 0.3) is 0 Å². The van der Waals surface area contributed by atoms with E-state index in [4.69, 9.17) is 0 Å². The highest BCUT2D eigenvalue weighted by Crippen LogP contribution is 2.26. The summed E-state index contributed by atoms with van der Waals surface area (Å²) in [5, 5.41) is 0. The molecule has 3 atom stereocenters. The van der Waals surface area contributed by atoms with Crippen molar-refractivity contribution < 1.29 is 0 Å². The van der Waals surface area contributed by atoms with Crippen LogP contribution < -0.4 is 0 Å². The summed E-state index contributed by atoms with van der Waals surface area (Å²) in [6.45, 7) is 7.23. The number of rotatable bonds is 1. The first-order valence-electron chi connectivity index (χ1n) is 4.13. The summed E-state index contributed by atoms with van der Waals surface area (Å²) in [6, 6.07) is 0. The summed E-state index contributed by atoms with van der Waals surface area (Å²) in [5.74, 6) is 0.876. The van der Waals surface area contributed by atoms with E-state index in [1.807, 2.05) is 0 Å². The number of hydrogen-bond acceptors (Lipinski definition) is 1. The van der Waals surface area contributed by atoms with E-state index < -0.39 is 0 Å². The third-order valence-corrected chi connectivity index (χ3v) is 4.97. The Kier molecular flexibility index (Phi) is 4.39. The Labute approximate surface area is 96.6 Å². The van der Waals surface area contributed by atoms with Crippen LogP contribution >= 0.6 is 45.2 Å². The average Bonchev–Trinajstić information content (AvgIpc) is 1.94. The zero-order valence-corrected chi connectivity index (χ0v) is 11.4. The molecule has 0 aliphatic carbocycles. The number of piperidine rings is 1. The maximum atomic E-state index is 2.59. The molecule has 0 amide bonds. The maximum Gasteiger partial charge on any atom is 0.0590 e. The largest absolute Gasteiger partial charge is 0.292 e. The number of hydrogen-bond donors (Lipinski definition) is 0. The Balaban J connectivity index is 2.40. The molecular weight excluding hydrogens is 364 g/mol. The molecule has 1 heterocycles. The van der Waals surface area contributed by atoms with Crippen molar-refractivity contribution in [3.8, 4) is 0 Å². The van der Waals surface area contributed by atoms with Crippen molar-refractivity contribution in [1.29, 1.82) is 0 Å². The molecule has 0 aromatic heterocycles. The van der Waals surface area contributed by atoms with Crippen LogP contribution in [0.2, 0.25) is 0 Å². The Morgan fingerprint density at radius 3 is 2.64 bits per heavy atom. The van der Waals surface area contributed by atoms with E-state index in [2.05, 4.69) is 63.9 Å². The van der Waals surface area contributed by atoms with Gasteiger partial charge in [0.05, 0.1) is 4.05 Å². The number of nitrogens with zero attached hydrogens (tertiary/aromatic N) is 1. The maximum absolute atomic E-state index is 2.59. The Bertz CT molecular complexity index is 127. The zero-order valence-electron chi connectivity index (χ0n) is 7.06. The molecule has 0 spiro atoms. The van der Waals surface area contributed by atoms with E-state index in [0.717, 1.165) is 9.84 Å². The van der Waals surface area contributed by atoms with E-state index >= 15 is 0 Å². The average molecular weight is 379 g/mol. The van der Waals surface area contributed by atoms with Crippen molar-refractivity contribution in [3.05, 3.63) is 0 Å². The van der Waals surface area contributed by atoms with Crippen molar-refractivity contribution in [2.45, 2.75) is 28.2 Å². The van der Waals surface area contributed by atoms with Crippen molar-refractivity contribution >= 4 is 45.2 Å². The smallest absolute Gasteiger partial charge is 0.0590 e. The van der Waals surface area contributed by atoms with Gasteiger partial charge in [-0.3, -0.25) is 4.90 Å². The molecule has 3 unspecified atom stereocenters. The van der Waals surface area contributed by atoms with Gasteiger partial charge in [0.2, 0.25) is 0 Å². The molecule has 0 aromatic carbocycles. The van der Waals surface area contributed by atoms with Crippen LogP contribution in [0, 0.1) is 5.92 Å². The van der Waals surface area contributed by atoms with E-state index in [1.54, 1.807) is 0 Å². The van der Waals surface area contributed by atoms with Crippen LogP contribution in [0.4, 0.5) is 0 Å². The molecule has 0 saturated carbocycles. The van der Waals surface area contributed by atoms with Gasteiger partial charge < -0.3 is 0 Å². The highest BCUT2D eigenvalue weighted by Gasteiger charge is 2.25. The van der Waals surface area contributed by atoms with E-state index in [-0.39, 0.29) is 0 Å². The fourth-order valence-electron chi connectivity index (χ4n) is 1.47. The molecule has 3 heteroatoms. The minimum Gasteiger partial charge on any atom is -0.292 e. The summed E-state index contributed by atoms with van der Waals surface area (Å²) >= 11 is 5.09. The molecule has 1 nitrogen and oxygen atoms in total. The Morgan fingerprint density at radius 2 is 2.18 bits per heavy atom. The van der Waals surface area contributed by atoms with Gasteiger partial charge in [-0.1, -0.05) is 52.1 Å². The molecule has 1 rings (SSSR count). The summed E-state index contributed by atoms with van der Waals surface area (Å²) < 4.78 is 1.61. The van der Waals surface area contributed by atoms with Gasteiger partial charge in [-0.25, -0.2) is 0 Å². The summed E-state index contributed by atoms with van der Waals surface area (Å²) in [4.78, 5) is 2.57. The molecule has 1 fully saturated rings. The predicted octanol–water partition coefficient (Wildman–Crippen LogP) is 2.91. The van der Waals surface area contributed by atoms with Gasteiger partial charge in [-0.05, 0) is 19.3 Å². The van der Waals surface area contributed by atoms with Gasteiger partial charge in [0.1, 0.15) is 0 Å². The second kappa shape index (κ2) is 4.60. The third-order valence-electron chi connectivity index (χ3n) is 2.34. The summed E-state index contributed by atoms with van der Waals surface area (Å²) in [7, 11) is 0. The van der Waals surface area contributed by atoms with Gasteiger partial charge >= 0.3 is 0 Å². The van der Waals surface area contributed by atoms with Gasteiger partial charge in [-0.2, -0.15) is 0 Å². The van der Waals surface area contributed by atoms with Crippen LogP contribution in [-0.4, -0.2) is 26.0 Å². The van der Waals surface area contributed by atoms with E-state index in [1.165, 1.54) is 19.5 Å². The van der Waals surface area contributed by atoms with Crippen LogP contribution in [0.15, 0.2) is 0 Å². The monoisotopic (exact) mass is 379 g/mol. The normalized spacial score (nSPS) is 37.1. The second-order valence-corrected chi connectivity index (χ2v) is 6.75. The molecule has 0 radical (unpaired) electrons. The van der Waals surface area contributed by atoms with Crippen LogP contribution in [0.3, 0.4) is 0 Å². The Morgan fingerprint density at radius 1 is 1.55 bits per heavy atom. The van der Waals surface area contributed by atoms with Crippen molar-refractivity contribution in [2.24, 2.45) is 5.92 Å². The Hall–Kier alpha value is 1.42. The van der Waals surface area contributed by atoms with Crippen molar-refractivity contribution in [2.75, 3.05) is 13.1 Å². The first-order valence-corrected chi connectivity index (χ1v) is 6.62. The van der Waals surface area contributed by atoms with Gasteiger partial charge in [0, 0.05) is 17.0 Å². The van der Waals surface area contributed by atoms with Gasteiger partial charge in [-0.15, -0.1) is 0 Å². The second-order valence-electron chi connectivity index (χ2n) is 3.35. The number of halogens is 2. The molecule has 11 heavy (non-hydrogen) atoms. The SMILES string of the molecule is CC1CN(C(C)I)CCC1I. The van der Waals surface area contributed by atoms with Gasteiger partial charge in [0.15, 0.2) is 0 Å². The third kappa shape index (κ3) is 2.99. The lowest BCUT2D eigenvalue weighted by Crippen LogP contribution is -2.42. The first kappa shape index (κ1) is 10.5. The molecular formula is C8H15I2N. The molecule has 66 valence electrons. The molecule has 0 N–H and O–H groups in total. The van der Waals surface area contributed by atoms with Crippen molar-refractivity contribution in [3.63, 3.8) is 0 Å². The van der Waals surface area contributed by atoms with E-state index in [0.29, 0.717) is 4.05 Å². The number of alkyl halides is 2. The quantitative estimate of drug-likeness (QED) is 0.385. The highest BCUT2D eigenvalue weighted by atomic mass is 127. The molecule has 0 aromatic rings. The fourth-order valence-corrected chi connectivity index (χ4v) is 2.48. The lowest BCUT2D eigenvalue weighted by atomic mass is 10.0. The lowest BCUT2D eigenvalue weighted by molar-refractivity contribution is 0.194. The minimum atomic E-state index is 0.707. The molecule has 1 aliphatic rings. The summed E-state index contributed by atoms with van der Waals surface area (Å²) in [5.41, 5.74) is 0. The van der Waals surface area contributed by atoms with Crippen molar-refractivity contribution in [1.82, 2.24) is 4.90 Å². The number of likely N-dealkylation sites (tertiary alicyclic amines) is 1. The fraction of sp³-hybridized carbons (Fsp3) is 1.00. The molecule has 1 aliphatic heterocycles. The topological polar surface area (TPSA) is 3.24 Å². The van der Waals surface area contributed by atoms with E-state index in [9.17, 15) is 0 Å². The highest BCUT2D eigenvalue weighted by molar-refractivity contribution is 14.1. The van der Waals surface area contributed by atoms with Crippen LogP contribution in [0.25, 0.3) is 0 Å². The van der Waals surface area contributed by atoms with Crippen LogP contribution in [-0.2, 0) is 0 Å². The lowest BCUT2D eigenvalue weighted by Gasteiger charge is -2.36. The minimum absolute atomic E-state index is 0.707. The van der Waals surface area contributed by atoms with Crippen LogP contribution in [0.5, 0.6) is 0 Å². The first-order chi connectivity index (χ1) is 5.11. The predicted molar refractivity (Wildman–Crippen MR) is 66.6 cm³/mol. The molecule has 1 saturated heterocycles. The van der Waals surface area contributed by atoms with Crippen LogP contribution in [0.1, 0.15) is 20.3 Å². The summed E-state index contributed by atoms with van der Waals surface area (Å²) in [6.07, 6.45) is 1.37. The zero-order chi connectivity index (χ0) is 8.43. The molecule has 0 bridgehead atoms. The standard InChI is InChI=1S/C8H15I2N/c1-6-5-11(7(2)9)4-3-8(6)10/h6-8H,3-5H2,1-2H3.